The molecule has 4 heteroatoms. The van der Waals surface area contributed by atoms with Crippen LogP contribution in [0.1, 0.15) is 13.8 Å². The molecular weight excluding hydrogens is 200 g/mol. The van der Waals surface area contributed by atoms with Gasteiger partial charge in [0.15, 0.2) is 11.6 Å². The van der Waals surface area contributed by atoms with E-state index in [2.05, 4.69) is 5.32 Å². The van der Waals surface area contributed by atoms with Crippen molar-refractivity contribution >= 4 is 0 Å². The number of halogens is 2. The summed E-state index contributed by atoms with van der Waals surface area (Å²) in [6.45, 7) is 5.02. The van der Waals surface area contributed by atoms with Crippen molar-refractivity contribution < 1.29 is 13.5 Å². The zero-order valence-electron chi connectivity index (χ0n) is 8.89. The molecule has 0 heterocycles. The highest BCUT2D eigenvalue weighted by Gasteiger charge is 2.09. The molecule has 0 radical (unpaired) electrons. The third-order valence-corrected chi connectivity index (χ3v) is 1.96. The minimum Gasteiger partial charge on any atom is -0.489 e. The third kappa shape index (κ3) is 3.47. The van der Waals surface area contributed by atoms with Crippen LogP contribution in [0.2, 0.25) is 0 Å². The van der Waals surface area contributed by atoms with E-state index < -0.39 is 11.6 Å². The van der Waals surface area contributed by atoms with E-state index in [0.717, 1.165) is 12.6 Å². The van der Waals surface area contributed by atoms with Crippen LogP contribution in [0, 0.1) is 11.6 Å². The second-order valence-electron chi connectivity index (χ2n) is 3.32. The first-order valence-corrected chi connectivity index (χ1v) is 4.95. The average molecular weight is 215 g/mol. The maximum Gasteiger partial charge on any atom is 0.200 e. The first-order valence-electron chi connectivity index (χ1n) is 4.95. The van der Waals surface area contributed by atoms with Crippen molar-refractivity contribution in [1.29, 1.82) is 0 Å². The summed E-state index contributed by atoms with van der Waals surface area (Å²) in [5.41, 5.74) is 0. The van der Waals surface area contributed by atoms with Crippen LogP contribution in [-0.4, -0.2) is 19.2 Å². The molecular formula is C11H15F2NO. The van der Waals surface area contributed by atoms with Crippen molar-refractivity contribution in [3.05, 3.63) is 29.8 Å². The highest BCUT2D eigenvalue weighted by atomic mass is 19.2. The fourth-order valence-corrected chi connectivity index (χ4v) is 1.22. The summed E-state index contributed by atoms with van der Waals surface area (Å²) in [7, 11) is 0. The Labute approximate surface area is 88.3 Å². The topological polar surface area (TPSA) is 21.3 Å². The van der Waals surface area contributed by atoms with E-state index in [1.165, 1.54) is 12.1 Å². The van der Waals surface area contributed by atoms with E-state index in [0.29, 0.717) is 6.61 Å². The Morgan fingerprint density at radius 1 is 1.40 bits per heavy atom. The van der Waals surface area contributed by atoms with Gasteiger partial charge in [0, 0.05) is 6.04 Å². The van der Waals surface area contributed by atoms with Gasteiger partial charge in [0.1, 0.15) is 6.61 Å². The van der Waals surface area contributed by atoms with Crippen molar-refractivity contribution in [2.45, 2.75) is 19.9 Å². The van der Waals surface area contributed by atoms with Gasteiger partial charge in [0.05, 0.1) is 0 Å². The number of benzene rings is 1. The summed E-state index contributed by atoms with van der Waals surface area (Å²) < 4.78 is 31.1. The van der Waals surface area contributed by atoms with Crippen molar-refractivity contribution in [2.75, 3.05) is 13.2 Å². The molecule has 1 unspecified atom stereocenters. The van der Waals surface area contributed by atoms with Crippen LogP contribution in [0.4, 0.5) is 8.78 Å². The van der Waals surface area contributed by atoms with Gasteiger partial charge in [0.25, 0.3) is 0 Å². The summed E-state index contributed by atoms with van der Waals surface area (Å²) >= 11 is 0. The van der Waals surface area contributed by atoms with E-state index in [9.17, 15) is 8.78 Å². The lowest BCUT2D eigenvalue weighted by Crippen LogP contribution is -2.31. The third-order valence-electron chi connectivity index (χ3n) is 1.96. The van der Waals surface area contributed by atoms with Gasteiger partial charge >= 0.3 is 0 Å². The molecule has 0 aromatic heterocycles. The summed E-state index contributed by atoms with van der Waals surface area (Å²) in [5.74, 6) is -1.86. The number of hydrogen-bond acceptors (Lipinski definition) is 2. The van der Waals surface area contributed by atoms with Crippen molar-refractivity contribution in [1.82, 2.24) is 5.32 Å². The molecule has 0 aliphatic carbocycles. The van der Waals surface area contributed by atoms with Crippen LogP contribution in [-0.2, 0) is 0 Å². The average Bonchev–Trinajstić information content (AvgIpc) is 2.21. The van der Waals surface area contributed by atoms with Crippen LogP contribution in [0.3, 0.4) is 0 Å². The monoisotopic (exact) mass is 215 g/mol. The number of rotatable bonds is 5. The predicted molar refractivity (Wildman–Crippen MR) is 55.0 cm³/mol. The fraction of sp³-hybridized carbons (Fsp3) is 0.455. The summed E-state index contributed by atoms with van der Waals surface area (Å²) in [6.07, 6.45) is 0. The van der Waals surface area contributed by atoms with Crippen LogP contribution in [0.25, 0.3) is 0 Å². The van der Waals surface area contributed by atoms with E-state index in [-0.39, 0.29) is 11.8 Å². The van der Waals surface area contributed by atoms with Crippen LogP contribution in [0.15, 0.2) is 18.2 Å². The predicted octanol–water partition coefficient (Wildman–Crippen LogP) is 2.34. The SMILES string of the molecule is CCNC(C)COc1cccc(F)c1F. The minimum absolute atomic E-state index is 0.0419. The highest BCUT2D eigenvalue weighted by molar-refractivity contribution is 5.25. The minimum atomic E-state index is -0.929. The number of likely N-dealkylation sites (N-methyl/N-ethyl adjacent to an activating group) is 1. The summed E-state index contributed by atoms with van der Waals surface area (Å²) in [6, 6.07) is 4.01. The zero-order chi connectivity index (χ0) is 11.3. The Kier molecular flexibility index (Phi) is 4.49. The van der Waals surface area contributed by atoms with Gasteiger partial charge in [-0.15, -0.1) is 0 Å². The highest BCUT2D eigenvalue weighted by Crippen LogP contribution is 2.18. The number of ether oxygens (including phenoxy) is 1. The lowest BCUT2D eigenvalue weighted by Gasteiger charge is -2.13. The Morgan fingerprint density at radius 3 is 2.80 bits per heavy atom. The van der Waals surface area contributed by atoms with E-state index >= 15 is 0 Å². The Bertz CT molecular complexity index is 317. The second kappa shape index (κ2) is 5.66. The Morgan fingerprint density at radius 2 is 2.13 bits per heavy atom. The molecule has 2 nitrogen and oxygen atoms in total. The molecule has 1 aromatic rings. The lowest BCUT2D eigenvalue weighted by molar-refractivity contribution is 0.260. The first-order chi connectivity index (χ1) is 7.15. The molecule has 0 saturated carbocycles. The molecule has 0 saturated heterocycles. The van der Waals surface area contributed by atoms with E-state index in [1.54, 1.807) is 0 Å². The zero-order valence-corrected chi connectivity index (χ0v) is 8.89. The quantitative estimate of drug-likeness (QED) is 0.814. The summed E-state index contributed by atoms with van der Waals surface area (Å²) in [5, 5.41) is 3.11. The number of hydrogen-bond donors (Lipinski definition) is 1. The molecule has 0 amide bonds. The standard InChI is InChI=1S/C11H15F2NO/c1-3-14-8(2)7-15-10-6-4-5-9(12)11(10)13/h4-6,8,14H,3,7H2,1-2H3. The van der Waals surface area contributed by atoms with Crippen molar-refractivity contribution in [2.24, 2.45) is 0 Å². The molecule has 1 aromatic carbocycles. The van der Waals surface area contributed by atoms with Gasteiger partial charge in [-0.2, -0.15) is 4.39 Å². The van der Waals surface area contributed by atoms with Crippen LogP contribution >= 0.6 is 0 Å². The number of nitrogens with one attached hydrogen (secondary N) is 1. The van der Waals surface area contributed by atoms with E-state index in [1.807, 2.05) is 13.8 Å². The maximum absolute atomic E-state index is 13.1. The normalized spacial score (nSPS) is 12.5. The smallest absolute Gasteiger partial charge is 0.200 e. The molecule has 1 N–H and O–H groups in total. The van der Waals surface area contributed by atoms with Gasteiger partial charge in [-0.25, -0.2) is 4.39 Å². The Hall–Kier alpha value is -1.16. The summed E-state index contributed by atoms with van der Waals surface area (Å²) in [4.78, 5) is 0. The molecule has 0 aliphatic heterocycles. The van der Waals surface area contributed by atoms with Crippen LogP contribution in [0.5, 0.6) is 5.75 Å². The van der Waals surface area contributed by atoms with Crippen molar-refractivity contribution in [3.63, 3.8) is 0 Å². The van der Waals surface area contributed by atoms with E-state index in [4.69, 9.17) is 4.74 Å². The van der Waals surface area contributed by atoms with Crippen molar-refractivity contribution in [3.8, 4) is 5.75 Å². The van der Waals surface area contributed by atoms with Gasteiger partial charge in [0.2, 0.25) is 5.82 Å². The molecule has 0 aliphatic rings. The van der Waals surface area contributed by atoms with Gasteiger partial charge in [-0.05, 0) is 25.6 Å². The molecule has 84 valence electrons. The molecule has 15 heavy (non-hydrogen) atoms. The van der Waals surface area contributed by atoms with Crippen LogP contribution < -0.4 is 10.1 Å². The first kappa shape index (κ1) is 11.9. The molecule has 0 fully saturated rings. The Balaban J connectivity index is 2.54. The maximum atomic E-state index is 13.1. The fourth-order valence-electron chi connectivity index (χ4n) is 1.22. The largest absolute Gasteiger partial charge is 0.489 e. The molecule has 1 atom stereocenters. The van der Waals surface area contributed by atoms with Gasteiger partial charge in [-0.3, -0.25) is 0 Å². The second-order valence-corrected chi connectivity index (χ2v) is 3.32. The molecule has 0 spiro atoms. The van der Waals surface area contributed by atoms with Gasteiger partial charge in [-0.1, -0.05) is 13.0 Å². The molecule has 0 bridgehead atoms. The van der Waals surface area contributed by atoms with Gasteiger partial charge < -0.3 is 10.1 Å². The molecule has 1 rings (SSSR count). The lowest BCUT2D eigenvalue weighted by atomic mass is 10.3.